The molecule has 2 rings (SSSR count). The molecule has 0 heterocycles. The number of hydrogen-bond acceptors (Lipinski definition) is 2. The number of allylic oxidation sites excluding steroid dienone is 1. The van der Waals surface area contributed by atoms with Gasteiger partial charge in [-0.25, -0.2) is 0 Å². The molecular weight excluding hydrogens is 214 g/mol. The van der Waals surface area contributed by atoms with E-state index in [4.69, 9.17) is 0 Å². The maximum absolute atomic E-state index is 11.2. The summed E-state index contributed by atoms with van der Waals surface area (Å²) < 4.78 is 0. The largest absolute Gasteiger partial charge is 0.391 e. The van der Waals surface area contributed by atoms with Gasteiger partial charge in [0.1, 0.15) is 0 Å². The van der Waals surface area contributed by atoms with Gasteiger partial charge in [0.25, 0.3) is 0 Å². The molecule has 2 atom stereocenters. The summed E-state index contributed by atoms with van der Waals surface area (Å²) in [7, 11) is 0. The van der Waals surface area contributed by atoms with Crippen molar-refractivity contribution in [2.45, 2.75) is 31.9 Å². The van der Waals surface area contributed by atoms with Gasteiger partial charge in [-0.3, -0.25) is 4.79 Å². The molecule has 1 aromatic carbocycles. The summed E-state index contributed by atoms with van der Waals surface area (Å²) in [4.78, 5) is 11.2. The third-order valence-electron chi connectivity index (χ3n) is 3.01. The number of nitrogens with one attached hydrogen (secondary N) is 1. The smallest absolute Gasteiger partial charge is 0.217 e. The molecule has 3 nitrogen and oxygen atoms in total. The average Bonchev–Trinajstić information content (AvgIpc) is 2.32. The number of aliphatic hydroxyl groups excluding tert-OH is 1. The Labute approximate surface area is 101 Å². The Hall–Kier alpha value is -1.61. The van der Waals surface area contributed by atoms with Gasteiger partial charge < -0.3 is 10.4 Å². The highest BCUT2D eigenvalue weighted by Gasteiger charge is 2.27. The minimum atomic E-state index is -0.501. The Balaban J connectivity index is 2.29. The lowest BCUT2D eigenvalue weighted by Crippen LogP contribution is -2.44. The van der Waals surface area contributed by atoms with E-state index in [1.807, 2.05) is 30.3 Å². The van der Waals surface area contributed by atoms with Crippen LogP contribution in [0.25, 0.3) is 5.57 Å². The average molecular weight is 231 g/mol. The molecule has 0 spiro atoms. The van der Waals surface area contributed by atoms with Crippen molar-refractivity contribution >= 4 is 11.5 Å². The summed E-state index contributed by atoms with van der Waals surface area (Å²) in [6.07, 6.45) is 3.14. The van der Waals surface area contributed by atoms with Gasteiger partial charge in [-0.05, 0) is 24.0 Å². The zero-order valence-electron chi connectivity index (χ0n) is 9.89. The van der Waals surface area contributed by atoms with Crippen LogP contribution in [0.4, 0.5) is 0 Å². The van der Waals surface area contributed by atoms with Gasteiger partial charge in [-0.1, -0.05) is 36.4 Å². The van der Waals surface area contributed by atoms with E-state index in [9.17, 15) is 9.90 Å². The number of rotatable bonds is 2. The molecule has 90 valence electrons. The standard InChI is InChI=1S/C14H17NO2/c1-10(16)15-14-12(8-5-9-13(14)17)11-6-3-2-4-7-11/h2-4,6-8,13-14,17H,5,9H2,1H3,(H,15,16)/t13-,14+/m0/s1. The lowest BCUT2D eigenvalue weighted by molar-refractivity contribution is -0.120. The second kappa shape index (κ2) is 5.15. The molecule has 0 saturated heterocycles. The number of carbonyl (C=O) groups is 1. The molecule has 0 aliphatic heterocycles. The Morgan fingerprint density at radius 1 is 1.35 bits per heavy atom. The van der Waals surface area contributed by atoms with Crippen molar-refractivity contribution in [2.24, 2.45) is 0 Å². The molecule has 1 amide bonds. The van der Waals surface area contributed by atoms with Crippen molar-refractivity contribution in [3.05, 3.63) is 42.0 Å². The normalized spacial score (nSPS) is 24.0. The quantitative estimate of drug-likeness (QED) is 0.814. The van der Waals surface area contributed by atoms with Crippen LogP contribution in [-0.4, -0.2) is 23.2 Å². The summed E-state index contributed by atoms with van der Waals surface area (Å²) in [5.41, 5.74) is 2.07. The van der Waals surface area contributed by atoms with Crippen molar-refractivity contribution in [3.63, 3.8) is 0 Å². The van der Waals surface area contributed by atoms with Crippen LogP contribution in [0.2, 0.25) is 0 Å². The fraction of sp³-hybridized carbons (Fsp3) is 0.357. The molecule has 0 aromatic heterocycles. The Bertz CT molecular complexity index is 425. The second-order valence-electron chi connectivity index (χ2n) is 4.35. The van der Waals surface area contributed by atoms with Gasteiger partial charge in [-0.2, -0.15) is 0 Å². The SMILES string of the molecule is CC(=O)N[C@@H]1C(c2ccccc2)=CCC[C@@H]1O. The van der Waals surface area contributed by atoms with E-state index in [-0.39, 0.29) is 11.9 Å². The van der Waals surface area contributed by atoms with Crippen molar-refractivity contribution in [1.29, 1.82) is 0 Å². The van der Waals surface area contributed by atoms with Crippen LogP contribution in [0.1, 0.15) is 25.3 Å². The minimum absolute atomic E-state index is 0.113. The van der Waals surface area contributed by atoms with Crippen LogP contribution in [0.3, 0.4) is 0 Å². The summed E-state index contributed by atoms with van der Waals surface area (Å²) in [6, 6.07) is 9.58. The zero-order valence-corrected chi connectivity index (χ0v) is 9.89. The summed E-state index contributed by atoms with van der Waals surface area (Å²) in [5.74, 6) is -0.113. The zero-order chi connectivity index (χ0) is 12.3. The molecule has 1 aliphatic carbocycles. The molecule has 3 heteroatoms. The molecular formula is C14H17NO2. The van der Waals surface area contributed by atoms with Gasteiger partial charge in [0.2, 0.25) is 5.91 Å². The molecule has 0 bridgehead atoms. The third-order valence-corrected chi connectivity index (χ3v) is 3.01. The van der Waals surface area contributed by atoms with Crippen molar-refractivity contribution < 1.29 is 9.90 Å². The van der Waals surface area contributed by atoms with Gasteiger partial charge in [0.05, 0.1) is 12.1 Å². The van der Waals surface area contributed by atoms with Crippen molar-refractivity contribution in [1.82, 2.24) is 5.32 Å². The maximum Gasteiger partial charge on any atom is 0.217 e. The van der Waals surface area contributed by atoms with E-state index in [2.05, 4.69) is 11.4 Å². The minimum Gasteiger partial charge on any atom is -0.391 e. The third kappa shape index (κ3) is 2.74. The van der Waals surface area contributed by atoms with Gasteiger partial charge >= 0.3 is 0 Å². The van der Waals surface area contributed by atoms with Crippen molar-refractivity contribution in [3.8, 4) is 0 Å². The molecule has 1 aromatic rings. The highest BCUT2D eigenvalue weighted by Crippen LogP contribution is 2.27. The number of hydrogen-bond donors (Lipinski definition) is 2. The molecule has 0 fully saturated rings. The summed E-state index contributed by atoms with van der Waals surface area (Å²) in [6.45, 7) is 1.48. The highest BCUT2D eigenvalue weighted by atomic mass is 16.3. The summed E-state index contributed by atoms with van der Waals surface area (Å²) >= 11 is 0. The van der Waals surface area contributed by atoms with E-state index in [1.54, 1.807) is 0 Å². The number of aliphatic hydroxyl groups is 1. The number of amides is 1. The van der Waals surface area contributed by atoms with E-state index in [1.165, 1.54) is 6.92 Å². The van der Waals surface area contributed by atoms with Gasteiger partial charge in [0.15, 0.2) is 0 Å². The van der Waals surface area contributed by atoms with E-state index in [0.717, 1.165) is 17.6 Å². The fourth-order valence-corrected chi connectivity index (χ4v) is 2.23. The molecule has 2 N–H and O–H groups in total. The Morgan fingerprint density at radius 2 is 2.06 bits per heavy atom. The lowest BCUT2D eigenvalue weighted by Gasteiger charge is -2.30. The predicted octanol–water partition coefficient (Wildman–Crippen LogP) is 1.73. The molecule has 17 heavy (non-hydrogen) atoms. The van der Waals surface area contributed by atoms with Crippen LogP contribution < -0.4 is 5.32 Å². The van der Waals surface area contributed by atoms with Crippen LogP contribution in [0.15, 0.2) is 36.4 Å². The van der Waals surface area contributed by atoms with Crippen LogP contribution in [0.5, 0.6) is 0 Å². The molecule has 1 aliphatic rings. The Kier molecular flexibility index (Phi) is 3.59. The predicted molar refractivity (Wildman–Crippen MR) is 67.3 cm³/mol. The lowest BCUT2D eigenvalue weighted by atomic mass is 9.87. The van der Waals surface area contributed by atoms with E-state index in [0.29, 0.717) is 6.42 Å². The number of carbonyl (C=O) groups excluding carboxylic acids is 1. The first kappa shape index (κ1) is 11.9. The molecule has 0 saturated carbocycles. The molecule has 0 radical (unpaired) electrons. The first-order valence-electron chi connectivity index (χ1n) is 5.89. The highest BCUT2D eigenvalue weighted by molar-refractivity contribution is 5.79. The molecule has 0 unspecified atom stereocenters. The van der Waals surface area contributed by atoms with E-state index >= 15 is 0 Å². The Morgan fingerprint density at radius 3 is 2.71 bits per heavy atom. The van der Waals surface area contributed by atoms with Crippen LogP contribution >= 0.6 is 0 Å². The fourth-order valence-electron chi connectivity index (χ4n) is 2.23. The monoisotopic (exact) mass is 231 g/mol. The topological polar surface area (TPSA) is 49.3 Å². The maximum atomic E-state index is 11.2. The first-order chi connectivity index (χ1) is 8.18. The second-order valence-corrected chi connectivity index (χ2v) is 4.35. The van der Waals surface area contributed by atoms with Crippen molar-refractivity contribution in [2.75, 3.05) is 0 Å². The number of benzene rings is 1. The van der Waals surface area contributed by atoms with E-state index < -0.39 is 6.10 Å². The first-order valence-corrected chi connectivity index (χ1v) is 5.89. The van der Waals surface area contributed by atoms with Gasteiger partial charge in [-0.15, -0.1) is 0 Å². The van der Waals surface area contributed by atoms with Crippen LogP contribution in [-0.2, 0) is 4.79 Å². The van der Waals surface area contributed by atoms with Crippen LogP contribution in [0, 0.1) is 0 Å². The van der Waals surface area contributed by atoms with Gasteiger partial charge in [0, 0.05) is 6.92 Å². The summed E-state index contributed by atoms with van der Waals surface area (Å²) in [5, 5.41) is 12.8.